The standard InChI is InChI=1S/C5H12OS2/c1-3-5-7-8(6)4-2/h3-5H2,1-2H3. The van der Waals surface area contributed by atoms with Crippen molar-refractivity contribution in [1.82, 2.24) is 0 Å². The normalized spacial score (nSPS) is 13.9. The Morgan fingerprint density at radius 2 is 2.12 bits per heavy atom. The topological polar surface area (TPSA) is 23.1 Å². The van der Waals surface area contributed by atoms with E-state index in [4.69, 9.17) is 0 Å². The van der Waals surface area contributed by atoms with E-state index in [-0.39, 0.29) is 0 Å². The largest absolute Gasteiger partial charge is 0.605 e. The number of hydrogen-bond donors (Lipinski definition) is 0. The smallest absolute Gasteiger partial charge is 0.115 e. The zero-order valence-electron chi connectivity index (χ0n) is 5.35. The summed E-state index contributed by atoms with van der Waals surface area (Å²) >= 11 is 0. The van der Waals surface area contributed by atoms with Crippen LogP contribution in [0.15, 0.2) is 0 Å². The first-order valence-electron chi connectivity index (χ1n) is 2.82. The molecular formula is C5H12OS2. The van der Waals surface area contributed by atoms with Crippen molar-refractivity contribution < 1.29 is 4.55 Å². The summed E-state index contributed by atoms with van der Waals surface area (Å²) in [5, 5.41) is 0. The van der Waals surface area contributed by atoms with Crippen LogP contribution in [-0.4, -0.2) is 16.1 Å². The fourth-order valence-electron chi connectivity index (χ4n) is 0.260. The average Bonchev–Trinajstić information content (AvgIpc) is 1.83. The van der Waals surface area contributed by atoms with Crippen LogP contribution in [0.3, 0.4) is 0 Å². The molecule has 3 heteroatoms. The molecule has 0 aliphatic carbocycles. The molecule has 0 radical (unpaired) electrons. The Morgan fingerprint density at radius 1 is 1.50 bits per heavy atom. The molecule has 0 amide bonds. The SMILES string of the molecule is CCCS[S+]([O-])CC. The van der Waals surface area contributed by atoms with Gasteiger partial charge in [0.1, 0.15) is 5.75 Å². The highest BCUT2D eigenvalue weighted by atomic mass is 33.1. The molecule has 0 N–H and O–H groups in total. The summed E-state index contributed by atoms with van der Waals surface area (Å²) in [5.41, 5.74) is 0. The highest BCUT2D eigenvalue weighted by Crippen LogP contribution is 2.12. The lowest BCUT2D eigenvalue weighted by Crippen LogP contribution is -1.96. The molecule has 0 heterocycles. The van der Waals surface area contributed by atoms with Gasteiger partial charge < -0.3 is 4.55 Å². The molecule has 0 fully saturated rings. The van der Waals surface area contributed by atoms with Crippen molar-refractivity contribution in [3.8, 4) is 0 Å². The van der Waals surface area contributed by atoms with Crippen molar-refractivity contribution in [3.05, 3.63) is 0 Å². The monoisotopic (exact) mass is 152 g/mol. The summed E-state index contributed by atoms with van der Waals surface area (Å²) in [5.74, 6) is 1.81. The van der Waals surface area contributed by atoms with Crippen molar-refractivity contribution in [1.29, 1.82) is 0 Å². The molecule has 0 aromatic carbocycles. The molecule has 0 aromatic heterocycles. The maximum absolute atomic E-state index is 10.6. The first-order valence-corrected chi connectivity index (χ1v) is 5.65. The van der Waals surface area contributed by atoms with Crippen molar-refractivity contribution >= 4 is 21.0 Å². The van der Waals surface area contributed by atoms with Crippen LogP contribution in [0.5, 0.6) is 0 Å². The van der Waals surface area contributed by atoms with E-state index in [9.17, 15) is 4.55 Å². The van der Waals surface area contributed by atoms with Gasteiger partial charge in [-0.05, 0) is 13.3 Å². The summed E-state index contributed by atoms with van der Waals surface area (Å²) in [4.78, 5) is 0. The molecule has 50 valence electrons. The maximum atomic E-state index is 10.6. The summed E-state index contributed by atoms with van der Waals surface area (Å²) in [6.07, 6.45) is 1.12. The second-order valence-electron chi connectivity index (χ2n) is 1.41. The van der Waals surface area contributed by atoms with Gasteiger partial charge in [-0.25, -0.2) is 0 Å². The van der Waals surface area contributed by atoms with Crippen LogP contribution >= 0.6 is 10.8 Å². The van der Waals surface area contributed by atoms with E-state index in [2.05, 4.69) is 6.92 Å². The molecule has 1 unspecified atom stereocenters. The van der Waals surface area contributed by atoms with Crippen LogP contribution in [0, 0.1) is 0 Å². The molecule has 0 spiro atoms. The van der Waals surface area contributed by atoms with Crippen molar-refractivity contribution in [2.24, 2.45) is 0 Å². The van der Waals surface area contributed by atoms with Gasteiger partial charge in [-0.3, -0.25) is 0 Å². The van der Waals surface area contributed by atoms with E-state index in [0.717, 1.165) is 17.9 Å². The van der Waals surface area contributed by atoms with Crippen molar-refractivity contribution in [3.63, 3.8) is 0 Å². The van der Waals surface area contributed by atoms with E-state index in [1.54, 1.807) is 10.8 Å². The Balaban J connectivity index is 2.86. The lowest BCUT2D eigenvalue weighted by molar-refractivity contribution is 0.610. The van der Waals surface area contributed by atoms with Gasteiger partial charge in [0.25, 0.3) is 0 Å². The summed E-state index contributed by atoms with van der Waals surface area (Å²) in [6, 6.07) is 0. The van der Waals surface area contributed by atoms with Gasteiger partial charge >= 0.3 is 0 Å². The molecule has 1 nitrogen and oxygen atoms in total. The predicted octanol–water partition coefficient (Wildman–Crippen LogP) is 1.81. The van der Waals surface area contributed by atoms with Crippen LogP contribution in [0.2, 0.25) is 0 Å². The van der Waals surface area contributed by atoms with Gasteiger partial charge in [0.2, 0.25) is 0 Å². The minimum absolute atomic E-state index is 0.610. The van der Waals surface area contributed by atoms with Gasteiger partial charge in [-0.15, -0.1) is 0 Å². The zero-order valence-corrected chi connectivity index (χ0v) is 6.98. The maximum Gasteiger partial charge on any atom is 0.115 e. The zero-order chi connectivity index (χ0) is 6.41. The summed E-state index contributed by atoms with van der Waals surface area (Å²) in [6.45, 7) is 4.04. The highest BCUT2D eigenvalue weighted by Gasteiger charge is 2.00. The second-order valence-corrected chi connectivity index (χ2v) is 5.07. The van der Waals surface area contributed by atoms with E-state index in [1.807, 2.05) is 6.92 Å². The molecule has 0 aliphatic heterocycles. The Morgan fingerprint density at radius 3 is 2.50 bits per heavy atom. The highest BCUT2D eigenvalue weighted by molar-refractivity contribution is 8.72. The Bertz CT molecular complexity index is 49.7. The van der Waals surface area contributed by atoms with Gasteiger partial charge in [-0.1, -0.05) is 6.92 Å². The van der Waals surface area contributed by atoms with Gasteiger partial charge in [0.05, 0.1) is 10.8 Å². The third kappa shape index (κ3) is 4.81. The Kier molecular flexibility index (Phi) is 6.27. The molecule has 0 rings (SSSR count). The summed E-state index contributed by atoms with van der Waals surface area (Å²) in [7, 11) is 0.938. The second kappa shape index (κ2) is 5.79. The lowest BCUT2D eigenvalue weighted by Gasteiger charge is -2.02. The molecule has 1 atom stereocenters. The van der Waals surface area contributed by atoms with E-state index in [0.29, 0.717) is 0 Å². The lowest BCUT2D eigenvalue weighted by atomic mass is 10.6. The van der Waals surface area contributed by atoms with Crippen LogP contribution in [0.25, 0.3) is 0 Å². The fourth-order valence-corrected chi connectivity index (χ4v) is 2.34. The fraction of sp³-hybridized carbons (Fsp3) is 1.00. The van der Waals surface area contributed by atoms with Gasteiger partial charge in [0, 0.05) is 16.0 Å². The van der Waals surface area contributed by atoms with Crippen LogP contribution in [0.4, 0.5) is 0 Å². The quantitative estimate of drug-likeness (QED) is 0.453. The van der Waals surface area contributed by atoms with Gasteiger partial charge in [0.15, 0.2) is 0 Å². The molecule has 0 saturated heterocycles. The van der Waals surface area contributed by atoms with E-state index in [1.165, 1.54) is 0 Å². The van der Waals surface area contributed by atoms with E-state index < -0.39 is 10.2 Å². The number of rotatable bonds is 4. The summed E-state index contributed by atoms with van der Waals surface area (Å²) < 4.78 is 10.6. The first-order chi connectivity index (χ1) is 3.81. The predicted molar refractivity (Wildman–Crippen MR) is 41.4 cm³/mol. The van der Waals surface area contributed by atoms with Crippen LogP contribution < -0.4 is 0 Å². The van der Waals surface area contributed by atoms with E-state index >= 15 is 0 Å². The number of hydrogen-bond acceptors (Lipinski definition) is 2. The molecule has 0 bridgehead atoms. The van der Waals surface area contributed by atoms with Crippen molar-refractivity contribution in [2.75, 3.05) is 11.5 Å². The third-order valence-corrected chi connectivity index (χ3v) is 3.96. The van der Waals surface area contributed by atoms with Crippen LogP contribution in [-0.2, 0) is 10.2 Å². The first kappa shape index (κ1) is 8.66. The third-order valence-electron chi connectivity index (χ3n) is 0.655. The van der Waals surface area contributed by atoms with Crippen molar-refractivity contribution in [2.45, 2.75) is 20.3 Å². The minimum Gasteiger partial charge on any atom is -0.605 e. The minimum atomic E-state index is -0.610. The Labute approximate surface area is 57.8 Å². The van der Waals surface area contributed by atoms with Gasteiger partial charge in [-0.2, -0.15) is 0 Å². The average molecular weight is 152 g/mol. The Hall–Kier alpha value is 0.660. The molecular weight excluding hydrogens is 140 g/mol. The molecule has 0 saturated carbocycles. The molecule has 8 heavy (non-hydrogen) atoms. The molecule has 0 aliphatic rings. The molecule has 0 aromatic rings. The van der Waals surface area contributed by atoms with Crippen LogP contribution in [0.1, 0.15) is 20.3 Å².